The Balaban J connectivity index is 1.38. The number of hydrogen-bond donors (Lipinski definition) is 1. The smallest absolute Gasteiger partial charge is 0.253 e. The number of carbonyl (C=O) groups is 2. The summed E-state index contributed by atoms with van der Waals surface area (Å²) in [6.45, 7) is 3.37. The summed E-state index contributed by atoms with van der Waals surface area (Å²) in [5.41, 5.74) is 1.48. The number of likely N-dealkylation sites (tertiary alicyclic amines) is 1. The average Bonchev–Trinajstić information content (AvgIpc) is 2.80. The van der Waals surface area contributed by atoms with Crippen LogP contribution >= 0.6 is 11.6 Å². The minimum atomic E-state index is -0.372. The first-order valence-corrected chi connectivity index (χ1v) is 10.9. The van der Waals surface area contributed by atoms with Crippen LogP contribution in [-0.4, -0.2) is 56.1 Å². The van der Waals surface area contributed by atoms with Crippen LogP contribution in [0.15, 0.2) is 42.5 Å². The Kier molecular flexibility index (Phi) is 6.73. The average molecular weight is 446 g/mol. The van der Waals surface area contributed by atoms with Gasteiger partial charge in [-0.25, -0.2) is 4.39 Å². The van der Waals surface area contributed by atoms with E-state index in [-0.39, 0.29) is 23.5 Å². The molecule has 31 heavy (non-hydrogen) atoms. The lowest BCUT2D eigenvalue weighted by atomic mass is 9.96. The summed E-state index contributed by atoms with van der Waals surface area (Å²) in [5.74, 6) is -1.03. The van der Waals surface area contributed by atoms with Crippen LogP contribution in [0.25, 0.3) is 0 Å². The molecule has 4 rings (SSSR count). The minimum absolute atomic E-state index is 0.116. The lowest BCUT2D eigenvalue weighted by Crippen LogP contribution is -2.43. The maximum absolute atomic E-state index is 14.6. The van der Waals surface area contributed by atoms with Crippen molar-refractivity contribution in [3.8, 4) is 0 Å². The van der Waals surface area contributed by atoms with E-state index in [0.29, 0.717) is 67.8 Å². The molecule has 1 N–H and O–H groups in total. The zero-order valence-corrected chi connectivity index (χ0v) is 17.9. The Bertz CT molecular complexity index is 948. The first-order chi connectivity index (χ1) is 15.0. The van der Waals surface area contributed by atoms with Crippen LogP contribution in [0, 0.1) is 11.7 Å². The lowest BCUT2D eigenvalue weighted by molar-refractivity contribution is -0.121. The molecular weight excluding hydrogens is 421 g/mol. The predicted octanol–water partition coefficient (Wildman–Crippen LogP) is 3.81. The Morgan fingerprint density at radius 1 is 1.06 bits per heavy atom. The number of halogens is 2. The summed E-state index contributed by atoms with van der Waals surface area (Å²) in [6.07, 6.45) is 1.42. The molecule has 2 saturated heterocycles. The van der Waals surface area contributed by atoms with Crippen LogP contribution in [0.5, 0.6) is 0 Å². The van der Waals surface area contributed by atoms with Crippen molar-refractivity contribution < 1.29 is 18.7 Å². The van der Waals surface area contributed by atoms with Crippen LogP contribution in [0.3, 0.4) is 0 Å². The van der Waals surface area contributed by atoms with Crippen molar-refractivity contribution >= 4 is 34.8 Å². The van der Waals surface area contributed by atoms with Crippen LogP contribution < -0.4 is 10.2 Å². The maximum atomic E-state index is 14.6. The second-order valence-electron chi connectivity index (χ2n) is 7.85. The van der Waals surface area contributed by atoms with Gasteiger partial charge in [0.1, 0.15) is 5.82 Å². The van der Waals surface area contributed by atoms with Crippen LogP contribution in [0.2, 0.25) is 5.02 Å². The molecule has 2 aromatic carbocycles. The number of hydrogen-bond acceptors (Lipinski definition) is 4. The van der Waals surface area contributed by atoms with Gasteiger partial charge in [-0.3, -0.25) is 9.59 Å². The van der Waals surface area contributed by atoms with Gasteiger partial charge in [0.25, 0.3) is 5.91 Å². The SMILES string of the molecule is O=C(Nc1ccc(N2CCOCC2)c(F)c1)C1CCCN(C(=O)c2ccc(Cl)cc2)C1. The van der Waals surface area contributed by atoms with Gasteiger partial charge in [0.15, 0.2) is 0 Å². The standard InChI is InChI=1S/C23H25ClFN3O3/c24-18-5-3-16(4-6-18)23(30)28-9-1-2-17(15-28)22(29)26-19-7-8-21(20(25)14-19)27-10-12-31-13-11-27/h3-8,14,17H,1-2,9-13,15H2,(H,26,29). The van der Waals surface area contributed by atoms with Crippen LogP contribution in [0.1, 0.15) is 23.2 Å². The minimum Gasteiger partial charge on any atom is -0.378 e. The van der Waals surface area contributed by atoms with Gasteiger partial charge in [-0.05, 0) is 55.3 Å². The highest BCUT2D eigenvalue weighted by molar-refractivity contribution is 6.30. The molecule has 2 aromatic rings. The van der Waals surface area contributed by atoms with Gasteiger partial charge in [-0.1, -0.05) is 11.6 Å². The van der Waals surface area contributed by atoms with Gasteiger partial charge in [0.05, 0.1) is 24.8 Å². The Hall–Kier alpha value is -2.64. The molecule has 0 bridgehead atoms. The summed E-state index contributed by atoms with van der Waals surface area (Å²) in [6, 6.07) is 11.5. The van der Waals surface area contributed by atoms with E-state index in [9.17, 15) is 14.0 Å². The van der Waals surface area contributed by atoms with Gasteiger partial charge in [-0.15, -0.1) is 0 Å². The third-order valence-electron chi connectivity index (χ3n) is 5.74. The van der Waals surface area contributed by atoms with Crippen LogP contribution in [0.4, 0.5) is 15.8 Å². The molecule has 0 spiro atoms. The molecule has 164 valence electrons. The summed E-state index contributed by atoms with van der Waals surface area (Å²) < 4.78 is 19.9. The molecule has 2 heterocycles. The van der Waals surface area contributed by atoms with Gasteiger partial charge in [0, 0.05) is 42.5 Å². The molecule has 0 aromatic heterocycles. The van der Waals surface area contributed by atoms with E-state index in [4.69, 9.17) is 16.3 Å². The van der Waals surface area contributed by atoms with Crippen molar-refractivity contribution in [2.75, 3.05) is 49.6 Å². The monoisotopic (exact) mass is 445 g/mol. The number of nitrogens with zero attached hydrogens (tertiary/aromatic N) is 2. The molecule has 0 radical (unpaired) electrons. The number of morpholine rings is 1. The van der Waals surface area contributed by atoms with Crippen molar-refractivity contribution in [2.45, 2.75) is 12.8 Å². The van der Waals surface area contributed by atoms with Gasteiger partial charge in [0.2, 0.25) is 5.91 Å². The first kappa shape index (κ1) is 21.6. The molecule has 2 fully saturated rings. The fourth-order valence-electron chi connectivity index (χ4n) is 4.04. The molecule has 0 saturated carbocycles. The molecule has 0 aliphatic carbocycles. The molecule has 2 amide bonds. The molecule has 2 aliphatic rings. The van der Waals surface area contributed by atoms with E-state index < -0.39 is 0 Å². The number of nitrogens with one attached hydrogen (secondary N) is 1. The van der Waals surface area contributed by atoms with E-state index in [2.05, 4.69) is 5.32 Å². The number of piperidine rings is 1. The van der Waals surface area contributed by atoms with Gasteiger partial charge >= 0.3 is 0 Å². The van der Waals surface area contributed by atoms with E-state index in [1.807, 2.05) is 4.90 Å². The zero-order valence-electron chi connectivity index (χ0n) is 17.2. The summed E-state index contributed by atoms with van der Waals surface area (Å²) in [4.78, 5) is 29.2. The summed E-state index contributed by atoms with van der Waals surface area (Å²) >= 11 is 5.90. The van der Waals surface area contributed by atoms with E-state index in [1.54, 1.807) is 41.3 Å². The molecule has 2 aliphatic heterocycles. The molecule has 6 nitrogen and oxygen atoms in total. The predicted molar refractivity (Wildman–Crippen MR) is 118 cm³/mol. The number of anilines is 2. The Labute approximate surface area is 185 Å². The largest absolute Gasteiger partial charge is 0.378 e. The van der Waals surface area contributed by atoms with Crippen LogP contribution in [-0.2, 0) is 9.53 Å². The normalized spacial score (nSPS) is 19.2. The maximum Gasteiger partial charge on any atom is 0.253 e. The fraction of sp³-hybridized carbons (Fsp3) is 0.391. The molecule has 1 atom stereocenters. The number of amides is 2. The van der Waals surface area contributed by atoms with Crippen molar-refractivity contribution in [1.82, 2.24) is 4.90 Å². The molecule has 8 heteroatoms. The Morgan fingerprint density at radius 2 is 1.81 bits per heavy atom. The second-order valence-corrected chi connectivity index (χ2v) is 8.29. The van der Waals surface area contributed by atoms with Gasteiger partial charge < -0.3 is 19.9 Å². The third-order valence-corrected chi connectivity index (χ3v) is 5.99. The van der Waals surface area contributed by atoms with Gasteiger partial charge in [-0.2, -0.15) is 0 Å². The topological polar surface area (TPSA) is 61.9 Å². The highest BCUT2D eigenvalue weighted by Crippen LogP contribution is 2.25. The fourth-order valence-corrected chi connectivity index (χ4v) is 4.17. The number of carbonyl (C=O) groups excluding carboxylic acids is 2. The second kappa shape index (κ2) is 9.66. The Morgan fingerprint density at radius 3 is 2.52 bits per heavy atom. The highest BCUT2D eigenvalue weighted by Gasteiger charge is 2.29. The summed E-state index contributed by atoms with van der Waals surface area (Å²) in [5, 5.41) is 3.38. The van der Waals surface area contributed by atoms with Crippen molar-refractivity contribution in [2.24, 2.45) is 5.92 Å². The molecular formula is C23H25ClFN3O3. The van der Waals surface area contributed by atoms with E-state index in [0.717, 1.165) is 6.42 Å². The number of rotatable bonds is 4. The number of ether oxygens (including phenoxy) is 1. The number of benzene rings is 2. The van der Waals surface area contributed by atoms with E-state index >= 15 is 0 Å². The summed E-state index contributed by atoms with van der Waals surface area (Å²) in [7, 11) is 0. The van der Waals surface area contributed by atoms with E-state index in [1.165, 1.54) is 6.07 Å². The van der Waals surface area contributed by atoms with Crippen molar-refractivity contribution in [3.05, 3.63) is 58.9 Å². The zero-order chi connectivity index (χ0) is 21.8. The van der Waals surface area contributed by atoms with Crippen molar-refractivity contribution in [3.63, 3.8) is 0 Å². The quantitative estimate of drug-likeness (QED) is 0.777. The lowest BCUT2D eigenvalue weighted by Gasteiger charge is -2.32. The first-order valence-electron chi connectivity index (χ1n) is 10.5. The highest BCUT2D eigenvalue weighted by atomic mass is 35.5. The van der Waals surface area contributed by atoms with Crippen molar-refractivity contribution in [1.29, 1.82) is 0 Å². The third kappa shape index (κ3) is 5.17. The molecule has 1 unspecified atom stereocenters.